The number of nitrogens with zero attached hydrogens (tertiary/aromatic N) is 4. The van der Waals surface area contributed by atoms with E-state index >= 15 is 0 Å². The molecular weight excluding hydrogens is 639 g/mol. The van der Waals surface area contributed by atoms with Gasteiger partial charge in [-0.25, -0.2) is 9.97 Å². The number of hydrogen-bond donors (Lipinski definition) is 0. The molecule has 35 heavy (non-hydrogen) atoms. The summed E-state index contributed by atoms with van der Waals surface area (Å²) in [5, 5.41) is 0. The minimum atomic E-state index is -10.7. The van der Waals surface area contributed by atoms with Gasteiger partial charge < -0.3 is 9.13 Å². The molecule has 0 aliphatic rings. The first-order chi connectivity index (χ1) is 14.7. The Morgan fingerprint density at radius 1 is 0.514 bits per heavy atom. The van der Waals surface area contributed by atoms with Crippen LogP contribution < -0.4 is 0 Å². The second kappa shape index (κ2) is 8.01. The molecule has 0 N–H and O–H groups in total. The summed E-state index contributed by atoms with van der Waals surface area (Å²) in [6, 6.07) is 16.3. The van der Waals surface area contributed by atoms with Gasteiger partial charge in [-0.2, -0.15) is 0 Å². The molecule has 0 saturated heterocycles. The van der Waals surface area contributed by atoms with Crippen LogP contribution >= 0.6 is 15.6 Å². The molecule has 0 spiro atoms. The van der Waals surface area contributed by atoms with Crippen LogP contribution in [0.4, 0.5) is 50.4 Å². The smallest absolute Gasteiger partial charge is 2.00 e. The molecule has 0 unspecified atom stereocenters. The Bertz CT molecular complexity index is 1230. The van der Waals surface area contributed by atoms with E-state index in [0.29, 0.717) is 0 Å². The summed E-state index contributed by atoms with van der Waals surface area (Å²) < 4.78 is 123. The second-order valence-corrected chi connectivity index (χ2v) is 10.7. The molecule has 0 bridgehead atoms. The third-order valence-corrected chi connectivity index (χ3v) is 3.77. The average Bonchev–Trinajstić information content (AvgIpc) is 3.08. The molecule has 2 aromatic heterocycles. The molecule has 0 atom stereocenters. The molecular formula is C16H14F12N4P2Ru. The molecule has 0 fully saturated rings. The van der Waals surface area contributed by atoms with E-state index in [1.165, 1.54) is 0 Å². The predicted molar refractivity (Wildman–Crippen MR) is 108 cm³/mol. The quantitative estimate of drug-likeness (QED) is 0.117. The zero-order valence-corrected chi connectivity index (χ0v) is 20.7. The molecule has 19 heteroatoms. The Morgan fingerprint density at radius 2 is 0.743 bits per heavy atom. The Kier molecular flexibility index (Phi) is 7.11. The van der Waals surface area contributed by atoms with Crippen molar-refractivity contribution in [2.24, 2.45) is 14.1 Å². The van der Waals surface area contributed by atoms with Crippen molar-refractivity contribution in [3.8, 4) is 11.6 Å². The van der Waals surface area contributed by atoms with Crippen LogP contribution in [0.1, 0.15) is 0 Å². The van der Waals surface area contributed by atoms with E-state index in [-0.39, 0.29) is 19.5 Å². The normalized spacial score (nSPS) is 15.8. The van der Waals surface area contributed by atoms with Gasteiger partial charge in [0, 0.05) is 14.1 Å². The van der Waals surface area contributed by atoms with Gasteiger partial charge in [-0.1, -0.05) is 24.3 Å². The SMILES string of the molecule is Cn1c(-c2nc3ccccc3n2C)nc2ccccc21.F[P-](F)(F)(F)(F)F.F[P-](F)(F)(F)(F)F.[Ru+2]. The number of fused-ring (bicyclic) bond motifs is 2. The van der Waals surface area contributed by atoms with Crippen molar-refractivity contribution in [2.75, 3.05) is 0 Å². The van der Waals surface area contributed by atoms with Crippen molar-refractivity contribution in [1.82, 2.24) is 19.1 Å². The first kappa shape index (κ1) is 31.1. The Labute approximate surface area is 201 Å². The summed E-state index contributed by atoms with van der Waals surface area (Å²) in [7, 11) is -17.3. The van der Waals surface area contributed by atoms with Crippen molar-refractivity contribution in [3.63, 3.8) is 0 Å². The minimum Gasteiger partial charge on any atom is 2.00 e. The second-order valence-electron chi connectivity index (χ2n) is 6.88. The summed E-state index contributed by atoms with van der Waals surface area (Å²) >= 11 is 0. The molecule has 0 radical (unpaired) electrons. The fraction of sp³-hybridized carbons (Fsp3) is 0.125. The molecule has 0 aliphatic carbocycles. The van der Waals surface area contributed by atoms with Crippen LogP contribution in [-0.4, -0.2) is 19.1 Å². The molecule has 0 aliphatic heterocycles. The number of hydrogen-bond acceptors (Lipinski definition) is 2. The molecule has 2 heterocycles. The summed E-state index contributed by atoms with van der Waals surface area (Å²) in [6.45, 7) is 0. The van der Waals surface area contributed by atoms with Crippen LogP contribution in [-0.2, 0) is 33.6 Å². The van der Waals surface area contributed by atoms with E-state index in [0.717, 1.165) is 33.7 Å². The Hall–Kier alpha value is -1.98. The average molecular weight is 653 g/mol. The summed E-state index contributed by atoms with van der Waals surface area (Å²) in [5.41, 5.74) is 4.23. The van der Waals surface area contributed by atoms with Gasteiger partial charge in [0.15, 0.2) is 11.6 Å². The van der Waals surface area contributed by atoms with E-state index in [1.54, 1.807) is 0 Å². The van der Waals surface area contributed by atoms with E-state index in [2.05, 4.69) is 21.3 Å². The number of benzene rings is 2. The number of para-hydroxylation sites is 4. The molecule has 2 aromatic carbocycles. The fourth-order valence-corrected chi connectivity index (χ4v) is 2.69. The maximum Gasteiger partial charge on any atom is 2.00 e. The molecule has 4 nitrogen and oxygen atoms in total. The van der Waals surface area contributed by atoms with E-state index < -0.39 is 15.6 Å². The number of aromatic nitrogens is 4. The standard InChI is InChI=1S/C16H14N4.2F6P.Ru/c1-19-13-9-5-3-7-11(13)17-15(19)16-18-12-8-4-6-10-14(12)20(16)2;2*1-7(2,3,4,5)6;/h3-10H,1-2H3;;;/q;2*-1;+2. The van der Waals surface area contributed by atoms with Gasteiger partial charge in [0.05, 0.1) is 22.1 Å². The number of rotatable bonds is 1. The van der Waals surface area contributed by atoms with Crippen molar-refractivity contribution in [2.45, 2.75) is 0 Å². The van der Waals surface area contributed by atoms with E-state index in [1.807, 2.05) is 50.5 Å². The fourth-order valence-electron chi connectivity index (χ4n) is 2.69. The monoisotopic (exact) mass is 654 g/mol. The van der Waals surface area contributed by atoms with Crippen LogP contribution in [0.2, 0.25) is 0 Å². The summed E-state index contributed by atoms with van der Waals surface area (Å²) in [5.74, 6) is 1.79. The van der Waals surface area contributed by atoms with Crippen molar-refractivity contribution in [1.29, 1.82) is 0 Å². The molecule has 4 rings (SSSR count). The largest absolute Gasteiger partial charge is 2.00 e. The molecule has 4 aromatic rings. The molecule has 0 amide bonds. The van der Waals surface area contributed by atoms with Gasteiger partial charge >= 0.3 is 85.5 Å². The first-order valence-corrected chi connectivity index (χ1v) is 12.7. The molecule has 0 saturated carbocycles. The van der Waals surface area contributed by atoms with Crippen molar-refractivity contribution in [3.05, 3.63) is 48.5 Å². The van der Waals surface area contributed by atoms with Crippen LogP contribution in [0.3, 0.4) is 0 Å². The van der Waals surface area contributed by atoms with Crippen molar-refractivity contribution < 1.29 is 69.8 Å². The third kappa shape index (κ3) is 12.5. The predicted octanol–water partition coefficient (Wildman–Crippen LogP) is 9.89. The first-order valence-electron chi connectivity index (χ1n) is 8.62. The maximum absolute atomic E-state index is 10.7. The van der Waals surface area contributed by atoms with Crippen LogP contribution in [0.5, 0.6) is 0 Å². The third-order valence-electron chi connectivity index (χ3n) is 3.77. The summed E-state index contributed by atoms with van der Waals surface area (Å²) in [6.07, 6.45) is 0. The van der Waals surface area contributed by atoms with Gasteiger partial charge in [-0.05, 0) is 24.3 Å². The van der Waals surface area contributed by atoms with Gasteiger partial charge in [0.25, 0.3) is 0 Å². The van der Waals surface area contributed by atoms with Crippen molar-refractivity contribution >= 4 is 37.7 Å². The van der Waals surface area contributed by atoms with Crippen LogP contribution in [0.15, 0.2) is 48.5 Å². The number of halogens is 12. The van der Waals surface area contributed by atoms with Gasteiger partial charge in [0.1, 0.15) is 0 Å². The minimum absolute atomic E-state index is 0. The van der Waals surface area contributed by atoms with E-state index in [4.69, 9.17) is 9.97 Å². The number of aryl methyl sites for hydroxylation is 2. The Morgan fingerprint density at radius 3 is 0.971 bits per heavy atom. The topological polar surface area (TPSA) is 35.6 Å². The van der Waals surface area contributed by atoms with Gasteiger partial charge in [-0.3, -0.25) is 0 Å². The van der Waals surface area contributed by atoms with Crippen LogP contribution in [0.25, 0.3) is 33.7 Å². The number of imidazole rings is 2. The van der Waals surface area contributed by atoms with E-state index in [9.17, 15) is 50.4 Å². The zero-order chi connectivity index (χ0) is 26.5. The maximum atomic E-state index is 9.87. The van der Waals surface area contributed by atoms with Gasteiger partial charge in [0.2, 0.25) is 0 Å². The summed E-state index contributed by atoms with van der Waals surface area (Å²) in [4.78, 5) is 9.44. The Balaban J connectivity index is 0.000000343. The zero-order valence-electron chi connectivity index (χ0n) is 17.2. The van der Waals surface area contributed by atoms with Gasteiger partial charge in [-0.15, -0.1) is 0 Å². The van der Waals surface area contributed by atoms with Crippen LogP contribution in [0, 0.1) is 0 Å². The molecule has 200 valence electrons.